The fraction of sp³-hybridized carbons (Fsp3) is 0.429. The van der Waals surface area contributed by atoms with Crippen molar-refractivity contribution in [2.75, 3.05) is 9.80 Å². The van der Waals surface area contributed by atoms with Crippen molar-refractivity contribution in [3.8, 4) is 0 Å². The lowest BCUT2D eigenvalue weighted by Gasteiger charge is -2.29. The molecule has 2 heterocycles. The molecule has 2 saturated carbocycles. The molecule has 8 nitrogen and oxygen atoms in total. The molecule has 0 radical (unpaired) electrons. The van der Waals surface area contributed by atoms with Crippen molar-refractivity contribution in [1.82, 2.24) is 0 Å². The van der Waals surface area contributed by atoms with Gasteiger partial charge in [0.15, 0.2) is 0 Å². The molecule has 2 aliphatic heterocycles. The Kier molecular flexibility index (Phi) is 7.91. The van der Waals surface area contributed by atoms with Gasteiger partial charge in [0.05, 0.1) is 44.8 Å². The number of sulfone groups is 1. The summed E-state index contributed by atoms with van der Waals surface area (Å²) in [5.74, 6) is -2.66. The van der Waals surface area contributed by atoms with E-state index in [9.17, 15) is 27.6 Å². The first-order valence-electron chi connectivity index (χ1n) is 13.2. The van der Waals surface area contributed by atoms with Gasteiger partial charge in [0.25, 0.3) is 0 Å². The highest BCUT2D eigenvalue weighted by Gasteiger charge is 2.53. The topological polar surface area (TPSA) is 109 Å². The molecule has 216 valence electrons. The van der Waals surface area contributed by atoms with E-state index in [-0.39, 0.29) is 52.7 Å². The Morgan fingerprint density at radius 1 is 0.488 bits per heavy atom. The SMILES string of the molecule is O=C1C2C[C@@H](Br)[C@@H](Br)CC2C(=O)N1c1ccc(S(=O)(=O)c2ccc(N3C(=O)C4C[C@@H](Br)[C@@H](Br)CC4C3=O)cc2)cc1. The number of alkyl halides is 4. The first-order chi connectivity index (χ1) is 19.4. The Balaban J connectivity index is 1.21. The summed E-state index contributed by atoms with van der Waals surface area (Å²) < 4.78 is 26.8. The molecule has 4 unspecified atom stereocenters. The van der Waals surface area contributed by atoms with Gasteiger partial charge in [0.2, 0.25) is 33.5 Å². The number of benzene rings is 2. The predicted octanol–water partition coefficient (Wildman–Crippen LogP) is 5.37. The van der Waals surface area contributed by atoms with Crippen molar-refractivity contribution in [2.24, 2.45) is 23.7 Å². The van der Waals surface area contributed by atoms with Gasteiger partial charge in [-0.25, -0.2) is 8.42 Å². The van der Waals surface area contributed by atoms with Crippen LogP contribution in [0.25, 0.3) is 0 Å². The van der Waals surface area contributed by atoms with Gasteiger partial charge in [-0.1, -0.05) is 63.7 Å². The second-order valence-corrected chi connectivity index (χ2v) is 17.6. The van der Waals surface area contributed by atoms with Crippen LogP contribution in [0.4, 0.5) is 11.4 Å². The third-order valence-electron chi connectivity index (χ3n) is 8.63. The number of halogens is 4. The Morgan fingerprint density at radius 2 is 0.732 bits per heavy atom. The van der Waals surface area contributed by atoms with Crippen molar-refractivity contribution in [3.05, 3.63) is 48.5 Å². The van der Waals surface area contributed by atoms with E-state index in [2.05, 4.69) is 63.7 Å². The third-order valence-corrected chi connectivity index (χ3v) is 15.9. The zero-order valence-corrected chi connectivity index (χ0v) is 28.5. The number of hydrogen-bond donors (Lipinski definition) is 0. The summed E-state index contributed by atoms with van der Waals surface area (Å²) in [6.07, 6.45) is 2.20. The number of hydrogen-bond acceptors (Lipinski definition) is 6. The largest absolute Gasteiger partial charge is 0.274 e. The summed E-state index contributed by atoms with van der Waals surface area (Å²) >= 11 is 14.3. The van der Waals surface area contributed by atoms with Crippen LogP contribution in [0.2, 0.25) is 0 Å². The van der Waals surface area contributed by atoms with Crippen molar-refractivity contribution in [3.63, 3.8) is 0 Å². The Hall–Kier alpha value is -1.41. The Morgan fingerprint density at radius 3 is 0.976 bits per heavy atom. The van der Waals surface area contributed by atoms with E-state index in [0.29, 0.717) is 37.1 Å². The van der Waals surface area contributed by atoms with E-state index in [0.717, 1.165) is 0 Å². The smallest absolute Gasteiger partial charge is 0.237 e. The van der Waals surface area contributed by atoms with Crippen LogP contribution in [0.1, 0.15) is 25.7 Å². The molecule has 0 aromatic heterocycles. The van der Waals surface area contributed by atoms with Crippen molar-refractivity contribution in [2.45, 2.75) is 54.8 Å². The molecule has 8 atom stereocenters. The van der Waals surface area contributed by atoms with Crippen LogP contribution >= 0.6 is 63.7 Å². The van der Waals surface area contributed by atoms with Crippen molar-refractivity contribution < 1.29 is 27.6 Å². The van der Waals surface area contributed by atoms with Gasteiger partial charge in [-0.2, -0.15) is 0 Å². The highest BCUT2D eigenvalue weighted by atomic mass is 79.9. The lowest BCUT2D eigenvalue weighted by Crippen LogP contribution is -2.34. The summed E-state index contributed by atoms with van der Waals surface area (Å²) in [5.41, 5.74) is 0.676. The summed E-state index contributed by atoms with van der Waals surface area (Å²) in [4.78, 5) is 55.1. The number of nitrogens with zero attached hydrogens (tertiary/aromatic N) is 2. The first-order valence-corrected chi connectivity index (χ1v) is 18.3. The molecular weight excluding hydrogens is 812 g/mol. The molecular formula is C28H24Br4N2O6S. The van der Waals surface area contributed by atoms with Crippen LogP contribution in [0, 0.1) is 23.7 Å². The predicted molar refractivity (Wildman–Crippen MR) is 167 cm³/mol. The van der Waals surface area contributed by atoms with Gasteiger partial charge >= 0.3 is 0 Å². The van der Waals surface area contributed by atoms with E-state index < -0.39 is 33.5 Å². The lowest BCUT2D eigenvalue weighted by molar-refractivity contribution is -0.124. The minimum atomic E-state index is -3.95. The monoisotopic (exact) mass is 832 g/mol. The standard InChI is InChI=1S/C28H24Br4N2O6S/c29-21-9-17-18(10-22(21)30)26(36)33(25(17)35)13-1-5-15(6-2-13)41(39,40)16-7-3-14(4-8-16)34-27(37)19-11-23(31)24(32)12-20(19)28(34)38/h1-8,17-24H,9-12H2/t17?,18?,19?,20?,21-,22+,23-,24+. The molecule has 4 fully saturated rings. The molecule has 6 rings (SSSR count). The van der Waals surface area contributed by atoms with E-state index in [1.165, 1.54) is 58.3 Å². The lowest BCUT2D eigenvalue weighted by atomic mass is 9.81. The molecule has 2 aromatic carbocycles. The second kappa shape index (κ2) is 10.9. The van der Waals surface area contributed by atoms with Crippen LogP contribution in [0.15, 0.2) is 58.3 Å². The van der Waals surface area contributed by atoms with Crippen molar-refractivity contribution in [1.29, 1.82) is 0 Å². The zero-order chi connectivity index (χ0) is 29.4. The second-order valence-electron chi connectivity index (χ2n) is 10.9. The molecule has 0 N–H and O–H groups in total. The molecule has 2 saturated heterocycles. The number of fused-ring (bicyclic) bond motifs is 2. The number of carbonyl (C=O) groups is 4. The highest BCUT2D eigenvalue weighted by Crippen LogP contribution is 2.46. The maximum Gasteiger partial charge on any atom is 0.237 e. The van der Waals surface area contributed by atoms with Crippen LogP contribution in [0.3, 0.4) is 0 Å². The molecule has 2 aromatic rings. The van der Waals surface area contributed by atoms with E-state index in [1.54, 1.807) is 0 Å². The summed E-state index contributed by atoms with van der Waals surface area (Å²) in [6.45, 7) is 0. The van der Waals surface area contributed by atoms with Crippen LogP contribution in [-0.2, 0) is 29.0 Å². The summed E-state index contributed by atoms with van der Waals surface area (Å²) in [5, 5.41) is 0. The van der Waals surface area contributed by atoms with Gasteiger partial charge in [0.1, 0.15) is 0 Å². The maximum atomic E-state index is 13.4. The molecule has 0 spiro atoms. The molecule has 2 aliphatic carbocycles. The van der Waals surface area contributed by atoms with Gasteiger partial charge < -0.3 is 0 Å². The van der Waals surface area contributed by atoms with Gasteiger partial charge in [-0.15, -0.1) is 0 Å². The molecule has 41 heavy (non-hydrogen) atoms. The Bertz CT molecular complexity index is 1380. The number of anilines is 2. The molecule has 0 bridgehead atoms. The van der Waals surface area contributed by atoms with Crippen LogP contribution in [0.5, 0.6) is 0 Å². The highest BCUT2D eigenvalue weighted by molar-refractivity contribution is 9.12. The molecule has 13 heteroatoms. The van der Waals surface area contributed by atoms with Crippen LogP contribution in [-0.4, -0.2) is 51.4 Å². The number of carbonyl (C=O) groups excluding carboxylic acids is 4. The van der Waals surface area contributed by atoms with E-state index in [1.807, 2.05) is 0 Å². The van der Waals surface area contributed by atoms with Gasteiger partial charge in [0, 0.05) is 19.3 Å². The normalized spacial score (nSPS) is 33.8. The minimum Gasteiger partial charge on any atom is -0.274 e. The average molecular weight is 836 g/mol. The average Bonchev–Trinajstić information content (AvgIpc) is 3.32. The fourth-order valence-electron chi connectivity index (χ4n) is 6.38. The van der Waals surface area contributed by atoms with Gasteiger partial charge in [-0.3, -0.25) is 29.0 Å². The van der Waals surface area contributed by atoms with Gasteiger partial charge in [-0.05, 0) is 74.2 Å². The van der Waals surface area contributed by atoms with Crippen LogP contribution < -0.4 is 9.80 Å². The molecule has 4 amide bonds. The van der Waals surface area contributed by atoms with Crippen molar-refractivity contribution >= 4 is 109 Å². The summed E-state index contributed by atoms with van der Waals surface area (Å²) in [7, 11) is -3.95. The Labute approximate surface area is 271 Å². The van der Waals surface area contributed by atoms with E-state index in [4.69, 9.17) is 0 Å². The van der Waals surface area contributed by atoms with E-state index >= 15 is 0 Å². The number of imide groups is 2. The number of rotatable bonds is 4. The first kappa shape index (κ1) is 29.7. The summed E-state index contributed by atoms with van der Waals surface area (Å²) in [6, 6.07) is 11.4. The number of amides is 4. The quantitative estimate of drug-likeness (QED) is 0.303. The third kappa shape index (κ3) is 4.91. The minimum absolute atomic E-state index is 0.00220. The molecule has 4 aliphatic rings. The zero-order valence-electron chi connectivity index (χ0n) is 21.3. The fourth-order valence-corrected chi connectivity index (χ4v) is 10.1. The maximum absolute atomic E-state index is 13.4.